The van der Waals surface area contributed by atoms with E-state index in [1.807, 2.05) is 0 Å². The van der Waals surface area contributed by atoms with Crippen LogP contribution < -0.4 is 5.32 Å². The topological polar surface area (TPSA) is 83.8 Å². The number of β-amino-alcohol motifs (C(OH)–C–C–N with tert-alkyl or cyclic N) is 1. The zero-order chi connectivity index (χ0) is 19.7. The standard InChI is InChI=1S/C19H24FN3O4/c1-11-13-8-12(20)4-5-15(13)22(2)18(11)19(26)21-14-6-7-23(9-16(14)24)17(25)10-27-3/h4-5,8,14,16,24H,6-7,9-10H2,1-3H3,(H,21,26)/t14-,16-/m1/s1. The Morgan fingerprint density at radius 1 is 1.41 bits per heavy atom. The van der Waals surface area contributed by atoms with Crippen LogP contribution in [0, 0.1) is 12.7 Å². The molecule has 0 unspecified atom stereocenters. The van der Waals surface area contributed by atoms with Crippen LogP contribution in [0.3, 0.4) is 0 Å². The number of carbonyl (C=O) groups is 2. The van der Waals surface area contributed by atoms with Crippen LogP contribution in [0.25, 0.3) is 10.9 Å². The van der Waals surface area contributed by atoms with Crippen molar-refractivity contribution in [2.75, 3.05) is 26.8 Å². The first kappa shape index (κ1) is 19.3. The summed E-state index contributed by atoms with van der Waals surface area (Å²) >= 11 is 0. The molecule has 8 heteroatoms. The third kappa shape index (κ3) is 3.68. The first-order chi connectivity index (χ1) is 12.8. The van der Waals surface area contributed by atoms with Crippen LogP contribution in [0.4, 0.5) is 4.39 Å². The minimum atomic E-state index is -0.865. The number of aromatic nitrogens is 1. The van der Waals surface area contributed by atoms with E-state index in [4.69, 9.17) is 4.74 Å². The second kappa shape index (κ2) is 7.66. The van der Waals surface area contributed by atoms with Crippen molar-refractivity contribution < 1.29 is 23.8 Å². The molecule has 1 aliphatic heterocycles. The Balaban J connectivity index is 1.75. The van der Waals surface area contributed by atoms with Crippen LogP contribution in [0.5, 0.6) is 0 Å². The van der Waals surface area contributed by atoms with Crippen molar-refractivity contribution in [3.8, 4) is 0 Å². The Morgan fingerprint density at radius 2 is 2.15 bits per heavy atom. The highest BCUT2D eigenvalue weighted by atomic mass is 19.1. The van der Waals surface area contributed by atoms with Crippen LogP contribution in [0.1, 0.15) is 22.5 Å². The maximum atomic E-state index is 13.6. The molecule has 2 aromatic rings. The highest BCUT2D eigenvalue weighted by Crippen LogP contribution is 2.26. The number of nitrogens with zero attached hydrogens (tertiary/aromatic N) is 2. The van der Waals surface area contributed by atoms with Crippen molar-refractivity contribution >= 4 is 22.7 Å². The number of carbonyl (C=O) groups excluding carboxylic acids is 2. The molecule has 2 atom stereocenters. The van der Waals surface area contributed by atoms with Crippen molar-refractivity contribution in [1.29, 1.82) is 0 Å². The van der Waals surface area contributed by atoms with E-state index in [2.05, 4.69) is 5.32 Å². The van der Waals surface area contributed by atoms with Gasteiger partial charge in [0.25, 0.3) is 5.91 Å². The summed E-state index contributed by atoms with van der Waals surface area (Å²) in [6.45, 7) is 2.32. The van der Waals surface area contributed by atoms with Crippen molar-refractivity contribution in [3.63, 3.8) is 0 Å². The van der Waals surface area contributed by atoms with E-state index in [1.165, 1.54) is 24.1 Å². The molecule has 3 rings (SSSR count). The quantitative estimate of drug-likeness (QED) is 0.832. The number of fused-ring (bicyclic) bond motifs is 1. The van der Waals surface area contributed by atoms with Crippen LogP contribution in [-0.4, -0.2) is 65.3 Å². The third-order valence-electron chi connectivity index (χ3n) is 5.15. The minimum absolute atomic E-state index is 0.0323. The van der Waals surface area contributed by atoms with Crippen molar-refractivity contribution in [2.24, 2.45) is 7.05 Å². The summed E-state index contributed by atoms with van der Waals surface area (Å²) in [4.78, 5) is 26.2. The number of hydrogen-bond donors (Lipinski definition) is 2. The fraction of sp³-hybridized carbons (Fsp3) is 0.474. The third-order valence-corrected chi connectivity index (χ3v) is 5.15. The van der Waals surface area contributed by atoms with Crippen LogP contribution in [0.2, 0.25) is 0 Å². The summed E-state index contributed by atoms with van der Waals surface area (Å²) in [5.74, 6) is -0.869. The number of amides is 2. The van der Waals surface area contributed by atoms with Crippen molar-refractivity contribution in [3.05, 3.63) is 35.3 Å². The molecule has 27 heavy (non-hydrogen) atoms. The maximum absolute atomic E-state index is 13.6. The molecule has 0 spiro atoms. The number of benzene rings is 1. The summed E-state index contributed by atoms with van der Waals surface area (Å²) in [5.41, 5.74) is 1.88. The summed E-state index contributed by atoms with van der Waals surface area (Å²) in [6, 6.07) is 3.96. The molecule has 1 aliphatic rings. The van der Waals surface area contributed by atoms with E-state index in [-0.39, 0.29) is 30.8 Å². The Hall–Kier alpha value is -2.45. The van der Waals surface area contributed by atoms with Gasteiger partial charge >= 0.3 is 0 Å². The summed E-state index contributed by atoms with van der Waals surface area (Å²) < 4.78 is 20.1. The Bertz CT molecular complexity index is 879. The number of aliphatic hydroxyl groups excluding tert-OH is 1. The normalized spacial score (nSPS) is 20.1. The second-order valence-corrected chi connectivity index (χ2v) is 6.90. The van der Waals surface area contributed by atoms with E-state index in [9.17, 15) is 19.1 Å². The SMILES string of the molecule is COCC(=O)N1CC[C@@H](NC(=O)c2c(C)c3cc(F)ccc3n2C)[C@H](O)C1. The van der Waals surface area contributed by atoms with Gasteiger partial charge in [-0.05, 0) is 37.1 Å². The average molecular weight is 377 g/mol. The molecule has 1 aromatic carbocycles. The van der Waals surface area contributed by atoms with Crippen LogP contribution in [0.15, 0.2) is 18.2 Å². The van der Waals surface area contributed by atoms with Crippen LogP contribution in [-0.2, 0) is 16.6 Å². The molecular weight excluding hydrogens is 353 g/mol. The zero-order valence-electron chi connectivity index (χ0n) is 15.7. The molecule has 0 aliphatic carbocycles. The molecule has 2 N–H and O–H groups in total. The number of rotatable bonds is 4. The fourth-order valence-electron chi connectivity index (χ4n) is 3.70. The number of nitrogens with one attached hydrogen (secondary N) is 1. The second-order valence-electron chi connectivity index (χ2n) is 6.90. The van der Waals surface area contributed by atoms with Gasteiger partial charge in [-0.25, -0.2) is 4.39 Å². The molecule has 0 bridgehead atoms. The maximum Gasteiger partial charge on any atom is 0.268 e. The molecule has 2 heterocycles. The fourth-order valence-corrected chi connectivity index (χ4v) is 3.70. The predicted octanol–water partition coefficient (Wildman–Crippen LogP) is 0.964. The van der Waals surface area contributed by atoms with E-state index in [0.29, 0.717) is 29.6 Å². The highest BCUT2D eigenvalue weighted by molar-refractivity contribution is 6.01. The van der Waals surface area contributed by atoms with E-state index < -0.39 is 12.1 Å². The van der Waals surface area contributed by atoms with Gasteiger partial charge in [0.1, 0.15) is 18.1 Å². The van der Waals surface area contributed by atoms with Gasteiger partial charge in [0.15, 0.2) is 0 Å². The average Bonchev–Trinajstić information content (AvgIpc) is 2.87. The number of hydrogen-bond acceptors (Lipinski definition) is 4. The lowest BCUT2D eigenvalue weighted by Crippen LogP contribution is -2.56. The van der Waals surface area contributed by atoms with Gasteiger partial charge in [-0.3, -0.25) is 9.59 Å². The predicted molar refractivity (Wildman–Crippen MR) is 97.9 cm³/mol. The van der Waals surface area contributed by atoms with E-state index in [1.54, 1.807) is 24.6 Å². The van der Waals surface area contributed by atoms with E-state index >= 15 is 0 Å². The Labute approximate surface area is 156 Å². The first-order valence-corrected chi connectivity index (χ1v) is 8.83. The molecule has 7 nitrogen and oxygen atoms in total. The van der Waals surface area contributed by atoms with Gasteiger partial charge in [-0.1, -0.05) is 0 Å². The lowest BCUT2D eigenvalue weighted by atomic mass is 10.0. The van der Waals surface area contributed by atoms with Gasteiger partial charge in [0.2, 0.25) is 5.91 Å². The molecular formula is C19H24FN3O4. The molecule has 1 aromatic heterocycles. The lowest BCUT2D eigenvalue weighted by Gasteiger charge is -2.36. The molecule has 0 saturated carbocycles. The van der Waals surface area contributed by atoms with Gasteiger partial charge in [0.05, 0.1) is 12.1 Å². The number of methoxy groups -OCH3 is 1. The number of ether oxygens (including phenoxy) is 1. The van der Waals surface area contributed by atoms with Gasteiger partial charge in [0, 0.05) is 38.1 Å². The number of halogens is 1. The van der Waals surface area contributed by atoms with Crippen molar-refractivity contribution in [1.82, 2.24) is 14.8 Å². The molecule has 146 valence electrons. The van der Waals surface area contributed by atoms with E-state index in [0.717, 1.165) is 5.52 Å². The minimum Gasteiger partial charge on any atom is -0.389 e. The summed E-state index contributed by atoms with van der Waals surface area (Å²) in [5, 5.41) is 13.9. The molecule has 2 amide bonds. The zero-order valence-corrected chi connectivity index (χ0v) is 15.7. The Kier molecular flexibility index (Phi) is 5.48. The highest BCUT2D eigenvalue weighted by Gasteiger charge is 2.32. The van der Waals surface area contributed by atoms with Gasteiger partial charge in [-0.2, -0.15) is 0 Å². The first-order valence-electron chi connectivity index (χ1n) is 8.83. The molecule has 1 fully saturated rings. The van der Waals surface area contributed by atoms with Crippen molar-refractivity contribution in [2.45, 2.75) is 25.5 Å². The number of likely N-dealkylation sites (tertiary alicyclic amines) is 1. The van der Waals surface area contributed by atoms with Crippen LogP contribution >= 0.6 is 0 Å². The monoisotopic (exact) mass is 377 g/mol. The van der Waals surface area contributed by atoms with Gasteiger partial charge < -0.3 is 24.6 Å². The number of piperidine rings is 1. The molecule has 1 saturated heterocycles. The lowest BCUT2D eigenvalue weighted by molar-refractivity contribution is -0.138. The smallest absolute Gasteiger partial charge is 0.268 e. The number of aliphatic hydroxyl groups is 1. The van der Waals surface area contributed by atoms with Gasteiger partial charge in [-0.15, -0.1) is 0 Å². The summed E-state index contributed by atoms with van der Waals surface area (Å²) in [7, 11) is 3.20. The number of aryl methyl sites for hydroxylation is 2. The Morgan fingerprint density at radius 3 is 2.81 bits per heavy atom. The molecule has 0 radical (unpaired) electrons. The summed E-state index contributed by atoms with van der Waals surface area (Å²) in [6.07, 6.45) is -0.420. The largest absolute Gasteiger partial charge is 0.389 e.